The van der Waals surface area contributed by atoms with Crippen LogP contribution in [0.3, 0.4) is 0 Å². The zero-order chi connectivity index (χ0) is 11.3. The van der Waals surface area contributed by atoms with Gasteiger partial charge in [0.1, 0.15) is 12.1 Å². The molecule has 0 fully saturated rings. The monoisotopic (exact) mass is 246 g/mol. The molecule has 1 rings (SSSR count). The molecule has 0 aliphatic rings. The number of nitrogens with one attached hydrogen (secondary N) is 1. The number of sulfonamides is 1. The van der Waals surface area contributed by atoms with Crippen LogP contribution in [0.15, 0.2) is 18.6 Å². The third-order valence-electron chi connectivity index (χ3n) is 1.45. The highest BCUT2D eigenvalue weighted by Crippen LogP contribution is 1.92. The van der Waals surface area contributed by atoms with Crippen molar-refractivity contribution in [2.24, 2.45) is 5.73 Å². The van der Waals surface area contributed by atoms with E-state index in [4.69, 9.17) is 5.73 Å². The summed E-state index contributed by atoms with van der Waals surface area (Å²) in [6.07, 6.45) is 2.88. The molecule has 0 aromatic carbocycles. The van der Waals surface area contributed by atoms with Crippen LogP contribution in [-0.4, -0.2) is 29.1 Å². The molecule has 0 radical (unpaired) electrons. The summed E-state index contributed by atoms with van der Waals surface area (Å²) < 4.78 is 24.9. The first-order valence-corrected chi connectivity index (χ1v) is 6.06. The summed E-state index contributed by atoms with van der Waals surface area (Å²) in [4.78, 5) is 7.50. The first kappa shape index (κ1) is 12.0. The average molecular weight is 246 g/mol. The second-order valence-electron chi connectivity index (χ2n) is 2.75. The Balaban J connectivity index is 2.54. The summed E-state index contributed by atoms with van der Waals surface area (Å²) in [5.41, 5.74) is 5.71. The third kappa shape index (κ3) is 4.77. The summed E-state index contributed by atoms with van der Waals surface area (Å²) in [6, 6.07) is 1.61. The van der Waals surface area contributed by atoms with E-state index < -0.39 is 10.0 Å². The van der Waals surface area contributed by atoms with Gasteiger partial charge >= 0.3 is 0 Å². The molecule has 0 unspecified atom stereocenters. The summed E-state index contributed by atoms with van der Waals surface area (Å²) >= 11 is 4.51. The van der Waals surface area contributed by atoms with Crippen LogP contribution in [0.4, 0.5) is 0 Å². The van der Waals surface area contributed by atoms with Crippen LogP contribution in [0.1, 0.15) is 5.69 Å². The highest BCUT2D eigenvalue weighted by atomic mass is 32.2. The minimum Gasteiger partial charge on any atom is -0.392 e. The fraction of sp³-hybridized carbons (Fsp3) is 0.286. The molecule has 0 bridgehead atoms. The molecule has 1 heterocycles. The maximum atomic E-state index is 11.3. The van der Waals surface area contributed by atoms with E-state index >= 15 is 0 Å². The van der Waals surface area contributed by atoms with Crippen LogP contribution in [0.2, 0.25) is 0 Å². The fourth-order valence-electron chi connectivity index (χ4n) is 0.845. The van der Waals surface area contributed by atoms with Gasteiger partial charge in [-0.15, -0.1) is 0 Å². The number of hydrogen-bond donors (Lipinski definition) is 2. The van der Waals surface area contributed by atoms with Crippen molar-refractivity contribution in [1.29, 1.82) is 0 Å². The van der Waals surface area contributed by atoms with Crippen LogP contribution in [0, 0.1) is 0 Å². The number of rotatable bonds is 5. The molecule has 3 N–H and O–H groups in total. The summed E-state index contributed by atoms with van der Waals surface area (Å²) in [5.74, 6) is -0.354. The zero-order valence-corrected chi connectivity index (χ0v) is 9.38. The standard InChI is InChI=1S/C7H10N4O2S2/c8-7(14)4-15(12,13)11-3-6-1-2-9-5-10-6/h1-2,5,11H,3-4H2,(H2,8,14). The van der Waals surface area contributed by atoms with Gasteiger partial charge in [-0.1, -0.05) is 12.2 Å². The molecule has 0 amide bonds. The van der Waals surface area contributed by atoms with Crippen LogP contribution >= 0.6 is 12.2 Å². The van der Waals surface area contributed by atoms with E-state index in [2.05, 4.69) is 26.9 Å². The third-order valence-corrected chi connectivity index (χ3v) is 3.05. The van der Waals surface area contributed by atoms with Gasteiger partial charge in [0.15, 0.2) is 0 Å². The van der Waals surface area contributed by atoms with E-state index in [9.17, 15) is 8.42 Å². The predicted molar refractivity (Wildman–Crippen MR) is 59.4 cm³/mol. The Kier molecular flexibility index (Phi) is 4.06. The molecule has 0 aliphatic carbocycles. The maximum Gasteiger partial charge on any atom is 0.218 e. The molecule has 82 valence electrons. The van der Waals surface area contributed by atoms with Crippen molar-refractivity contribution in [2.75, 3.05) is 5.75 Å². The molecule has 15 heavy (non-hydrogen) atoms. The fourth-order valence-corrected chi connectivity index (χ4v) is 2.15. The Morgan fingerprint density at radius 1 is 1.60 bits per heavy atom. The van der Waals surface area contributed by atoms with E-state index in [0.717, 1.165) is 0 Å². The van der Waals surface area contributed by atoms with Gasteiger partial charge in [0.25, 0.3) is 0 Å². The topological polar surface area (TPSA) is 98.0 Å². The molecule has 1 aromatic rings. The van der Waals surface area contributed by atoms with E-state index in [1.807, 2.05) is 0 Å². The average Bonchev–Trinajstić information content (AvgIpc) is 2.15. The number of nitrogens with zero attached hydrogens (tertiary/aromatic N) is 2. The van der Waals surface area contributed by atoms with E-state index in [0.29, 0.717) is 5.69 Å². The van der Waals surface area contributed by atoms with E-state index in [1.165, 1.54) is 12.5 Å². The predicted octanol–water partition coefficient (Wildman–Crippen LogP) is -0.818. The van der Waals surface area contributed by atoms with Crippen LogP contribution in [-0.2, 0) is 16.6 Å². The van der Waals surface area contributed by atoms with Gasteiger partial charge in [0.2, 0.25) is 10.0 Å². The lowest BCUT2D eigenvalue weighted by Crippen LogP contribution is -2.32. The normalized spacial score (nSPS) is 11.2. The molecular formula is C7H10N4O2S2. The summed E-state index contributed by atoms with van der Waals surface area (Å²) in [6.45, 7) is 0.105. The van der Waals surface area contributed by atoms with Gasteiger partial charge in [0, 0.05) is 6.20 Å². The van der Waals surface area contributed by atoms with Gasteiger partial charge in [-0.25, -0.2) is 23.1 Å². The molecule has 0 aliphatic heterocycles. The van der Waals surface area contributed by atoms with Gasteiger partial charge in [-0.05, 0) is 6.07 Å². The molecule has 0 atom stereocenters. The Bertz CT molecular complexity index is 432. The van der Waals surface area contributed by atoms with E-state index in [1.54, 1.807) is 6.07 Å². The van der Waals surface area contributed by atoms with Crippen molar-refractivity contribution in [2.45, 2.75) is 6.54 Å². The Hall–Kier alpha value is -1.12. The smallest absolute Gasteiger partial charge is 0.218 e. The van der Waals surface area contributed by atoms with Gasteiger partial charge in [-0.2, -0.15) is 0 Å². The van der Waals surface area contributed by atoms with Gasteiger partial charge in [-0.3, -0.25) is 0 Å². The first-order chi connectivity index (χ1) is 6.99. The molecular weight excluding hydrogens is 236 g/mol. The number of hydrogen-bond acceptors (Lipinski definition) is 5. The van der Waals surface area contributed by atoms with Crippen LogP contribution in [0.5, 0.6) is 0 Å². The van der Waals surface area contributed by atoms with Crippen molar-refractivity contribution in [3.63, 3.8) is 0 Å². The van der Waals surface area contributed by atoms with Crippen molar-refractivity contribution in [3.8, 4) is 0 Å². The largest absolute Gasteiger partial charge is 0.392 e. The Labute approximate surface area is 93.0 Å². The van der Waals surface area contributed by atoms with Crippen molar-refractivity contribution in [3.05, 3.63) is 24.3 Å². The highest BCUT2D eigenvalue weighted by molar-refractivity contribution is 7.92. The lowest BCUT2D eigenvalue weighted by molar-refractivity contribution is 0.584. The molecule has 1 aromatic heterocycles. The number of aromatic nitrogens is 2. The SMILES string of the molecule is NC(=S)CS(=O)(=O)NCc1ccncn1. The lowest BCUT2D eigenvalue weighted by atomic mass is 10.4. The highest BCUT2D eigenvalue weighted by Gasteiger charge is 2.11. The van der Waals surface area contributed by atoms with Crippen LogP contribution in [0.25, 0.3) is 0 Å². The van der Waals surface area contributed by atoms with E-state index in [-0.39, 0.29) is 17.3 Å². The second-order valence-corrected chi connectivity index (χ2v) is 5.08. The van der Waals surface area contributed by atoms with Crippen molar-refractivity contribution in [1.82, 2.24) is 14.7 Å². The Morgan fingerprint density at radius 3 is 2.87 bits per heavy atom. The van der Waals surface area contributed by atoms with Crippen molar-refractivity contribution >= 4 is 27.2 Å². The maximum absolute atomic E-state index is 11.3. The van der Waals surface area contributed by atoms with Gasteiger partial charge < -0.3 is 5.73 Å². The second kappa shape index (κ2) is 5.10. The Morgan fingerprint density at radius 2 is 2.33 bits per heavy atom. The molecule has 8 heteroatoms. The summed E-state index contributed by atoms with van der Waals surface area (Å²) in [7, 11) is -3.46. The molecule has 0 saturated heterocycles. The van der Waals surface area contributed by atoms with Crippen molar-refractivity contribution < 1.29 is 8.42 Å². The zero-order valence-electron chi connectivity index (χ0n) is 7.75. The molecule has 6 nitrogen and oxygen atoms in total. The first-order valence-electron chi connectivity index (χ1n) is 4.00. The van der Waals surface area contributed by atoms with Gasteiger partial charge in [0.05, 0.1) is 17.2 Å². The molecule has 0 saturated carbocycles. The lowest BCUT2D eigenvalue weighted by Gasteiger charge is -2.04. The molecule has 0 spiro atoms. The quantitative estimate of drug-likeness (QED) is 0.659. The minimum absolute atomic E-state index is 0.0646. The number of thiocarbonyl (C=S) groups is 1. The summed E-state index contributed by atoms with van der Waals surface area (Å²) in [5, 5.41) is 0. The minimum atomic E-state index is -3.46. The van der Waals surface area contributed by atoms with Crippen LogP contribution < -0.4 is 10.5 Å². The number of nitrogens with two attached hydrogens (primary N) is 1.